The van der Waals surface area contributed by atoms with Crippen LogP contribution in [-0.4, -0.2) is 32.9 Å². The summed E-state index contributed by atoms with van der Waals surface area (Å²) >= 11 is 6.19. The van der Waals surface area contributed by atoms with Crippen molar-refractivity contribution in [2.24, 2.45) is 0 Å². The molecule has 3 aromatic rings. The number of nitrogens with zero attached hydrogens (tertiary/aromatic N) is 1. The van der Waals surface area contributed by atoms with Crippen molar-refractivity contribution >= 4 is 40.2 Å². The summed E-state index contributed by atoms with van der Waals surface area (Å²) in [7, 11) is 0. The highest BCUT2D eigenvalue weighted by atomic mass is 35.5. The number of aromatic nitrogens is 1. The van der Waals surface area contributed by atoms with Gasteiger partial charge in [-0.3, -0.25) is 4.79 Å². The molecule has 0 radical (unpaired) electrons. The summed E-state index contributed by atoms with van der Waals surface area (Å²) in [6.07, 6.45) is 0. The first-order valence-electron chi connectivity index (χ1n) is 7.18. The first-order chi connectivity index (χ1) is 11.9. The van der Waals surface area contributed by atoms with Crippen LogP contribution in [0.3, 0.4) is 0 Å². The van der Waals surface area contributed by atoms with Crippen molar-refractivity contribution < 1.29 is 24.6 Å². The Kier molecular flexibility index (Phi) is 3.13. The van der Waals surface area contributed by atoms with Gasteiger partial charge in [-0.2, -0.15) is 0 Å². The molecule has 6 nitrogen and oxygen atoms in total. The molecule has 122 valence electrons. The molecule has 1 heterocycles. The highest BCUT2D eigenvalue weighted by molar-refractivity contribution is 6.37. The van der Waals surface area contributed by atoms with Crippen molar-refractivity contribution in [1.82, 2.24) is 4.98 Å². The van der Waals surface area contributed by atoms with Gasteiger partial charge in [-0.15, -0.1) is 0 Å². The molecule has 0 atom stereocenters. The Bertz CT molecular complexity index is 1140. The molecule has 2 N–H and O–H groups in total. The minimum atomic E-state index is -1.33. The Morgan fingerprint density at radius 1 is 0.960 bits per heavy atom. The van der Waals surface area contributed by atoms with Gasteiger partial charge in [0.05, 0.1) is 32.9 Å². The first kappa shape index (κ1) is 15.3. The summed E-state index contributed by atoms with van der Waals surface area (Å²) < 4.78 is 0. The molecule has 4 rings (SSSR count). The number of carbonyl (C=O) groups excluding carboxylic acids is 1. The fraction of sp³-hybridized carbons (Fsp3) is 0. The van der Waals surface area contributed by atoms with E-state index in [-0.39, 0.29) is 43.9 Å². The van der Waals surface area contributed by atoms with Crippen LogP contribution in [0.25, 0.3) is 22.2 Å². The summed E-state index contributed by atoms with van der Waals surface area (Å²) in [4.78, 5) is 40.4. The number of hydrogen-bond acceptors (Lipinski definition) is 4. The van der Waals surface area contributed by atoms with Gasteiger partial charge < -0.3 is 10.2 Å². The number of hydrogen-bond donors (Lipinski definition) is 2. The second-order valence-corrected chi connectivity index (χ2v) is 5.92. The number of halogens is 1. The lowest BCUT2D eigenvalue weighted by atomic mass is 9.98. The van der Waals surface area contributed by atoms with Crippen molar-refractivity contribution in [2.75, 3.05) is 0 Å². The molecule has 1 aliphatic carbocycles. The van der Waals surface area contributed by atoms with E-state index < -0.39 is 17.7 Å². The molecule has 0 saturated heterocycles. The van der Waals surface area contributed by atoms with E-state index in [1.54, 1.807) is 18.2 Å². The van der Waals surface area contributed by atoms with Crippen LogP contribution < -0.4 is 0 Å². The molecule has 0 saturated carbocycles. The molecular weight excluding hydrogens is 346 g/mol. The monoisotopic (exact) mass is 353 g/mol. The van der Waals surface area contributed by atoms with E-state index in [0.717, 1.165) is 0 Å². The second kappa shape index (κ2) is 5.12. The predicted octanol–water partition coefficient (Wildman–Crippen LogP) is 3.50. The van der Waals surface area contributed by atoms with Crippen LogP contribution >= 0.6 is 11.6 Å². The van der Waals surface area contributed by atoms with Gasteiger partial charge in [-0.1, -0.05) is 35.9 Å². The third-order valence-electron chi connectivity index (χ3n) is 4.18. The number of pyridine rings is 1. The zero-order chi connectivity index (χ0) is 17.9. The number of fused-ring (bicyclic) bond motifs is 4. The van der Waals surface area contributed by atoms with Crippen LogP contribution in [-0.2, 0) is 0 Å². The number of aromatic carboxylic acids is 2. The minimum absolute atomic E-state index is 0.00622. The summed E-state index contributed by atoms with van der Waals surface area (Å²) in [5, 5.41) is 19.4. The quantitative estimate of drug-likeness (QED) is 0.571. The number of carbonyl (C=O) groups is 3. The van der Waals surface area contributed by atoms with Gasteiger partial charge in [0, 0.05) is 16.5 Å². The molecule has 2 aromatic carbocycles. The van der Waals surface area contributed by atoms with Crippen molar-refractivity contribution in [1.29, 1.82) is 0 Å². The van der Waals surface area contributed by atoms with E-state index in [9.17, 15) is 24.6 Å². The molecule has 0 aliphatic heterocycles. The Morgan fingerprint density at radius 2 is 1.68 bits per heavy atom. The van der Waals surface area contributed by atoms with E-state index in [0.29, 0.717) is 5.56 Å². The van der Waals surface area contributed by atoms with Gasteiger partial charge in [0.1, 0.15) is 0 Å². The molecule has 0 fully saturated rings. The summed E-state index contributed by atoms with van der Waals surface area (Å²) in [6, 6.07) is 8.90. The standard InChI is InChI=1S/C18H8ClNO5/c19-10-6-2-4-8-11(10)15-13(16(8)21)12(18(24)25)7-3-1-5-9(17(22)23)14(7)20-15/h1-6H,(H,22,23)(H,24,25). The SMILES string of the molecule is O=C1c2cccc(Cl)c2-c2nc3c(C(=O)O)cccc3c(C(=O)O)c21. The molecule has 1 aliphatic rings. The zero-order valence-corrected chi connectivity index (χ0v) is 13.2. The molecule has 0 bridgehead atoms. The number of para-hydroxylation sites is 1. The minimum Gasteiger partial charge on any atom is -0.478 e. The number of benzene rings is 2. The summed E-state index contributed by atoms with van der Waals surface area (Å²) in [5.41, 5.74) is 0.219. The van der Waals surface area contributed by atoms with Crippen LogP contribution in [0.1, 0.15) is 36.6 Å². The number of carboxylic acids is 2. The Labute approximate surface area is 145 Å². The van der Waals surface area contributed by atoms with Crippen molar-refractivity contribution in [3.8, 4) is 11.3 Å². The van der Waals surface area contributed by atoms with E-state index in [1.807, 2.05) is 0 Å². The summed E-state index contributed by atoms with van der Waals surface area (Å²) in [6.45, 7) is 0. The molecule has 25 heavy (non-hydrogen) atoms. The molecule has 0 amide bonds. The van der Waals surface area contributed by atoms with Crippen LogP contribution in [0, 0.1) is 0 Å². The van der Waals surface area contributed by atoms with Gasteiger partial charge in [-0.05, 0) is 12.1 Å². The normalized spacial score (nSPS) is 12.1. The molecular formula is C18H8ClNO5. The third-order valence-corrected chi connectivity index (χ3v) is 4.50. The van der Waals surface area contributed by atoms with Crippen LogP contribution in [0.2, 0.25) is 5.02 Å². The molecule has 0 unspecified atom stereocenters. The molecule has 7 heteroatoms. The maximum absolute atomic E-state index is 12.7. The largest absolute Gasteiger partial charge is 0.478 e. The van der Waals surface area contributed by atoms with Crippen molar-refractivity contribution in [3.05, 3.63) is 63.7 Å². The highest BCUT2D eigenvalue weighted by Crippen LogP contribution is 2.43. The van der Waals surface area contributed by atoms with Gasteiger partial charge in [0.15, 0.2) is 5.78 Å². The smallest absolute Gasteiger partial charge is 0.337 e. The van der Waals surface area contributed by atoms with Crippen molar-refractivity contribution in [2.45, 2.75) is 0 Å². The average Bonchev–Trinajstić information content (AvgIpc) is 2.85. The lowest BCUT2D eigenvalue weighted by Crippen LogP contribution is -2.10. The Morgan fingerprint density at radius 3 is 2.36 bits per heavy atom. The maximum Gasteiger partial charge on any atom is 0.337 e. The fourth-order valence-corrected chi connectivity index (χ4v) is 3.44. The molecule has 0 spiro atoms. The average molecular weight is 354 g/mol. The maximum atomic E-state index is 12.7. The lowest BCUT2D eigenvalue weighted by Gasteiger charge is -2.10. The number of carboxylic acid groups (broad SMARTS) is 2. The Hall–Kier alpha value is -3.25. The van der Waals surface area contributed by atoms with E-state index in [2.05, 4.69) is 4.98 Å². The second-order valence-electron chi connectivity index (χ2n) is 5.51. The predicted molar refractivity (Wildman–Crippen MR) is 89.5 cm³/mol. The van der Waals surface area contributed by atoms with E-state index >= 15 is 0 Å². The van der Waals surface area contributed by atoms with Crippen LogP contribution in [0.15, 0.2) is 36.4 Å². The van der Waals surface area contributed by atoms with Gasteiger partial charge in [0.25, 0.3) is 0 Å². The first-order valence-corrected chi connectivity index (χ1v) is 7.56. The highest BCUT2D eigenvalue weighted by Gasteiger charge is 2.36. The topological polar surface area (TPSA) is 105 Å². The van der Waals surface area contributed by atoms with Crippen LogP contribution in [0.4, 0.5) is 0 Å². The van der Waals surface area contributed by atoms with Gasteiger partial charge in [0.2, 0.25) is 0 Å². The number of ketones is 1. The van der Waals surface area contributed by atoms with E-state index in [1.165, 1.54) is 18.2 Å². The van der Waals surface area contributed by atoms with E-state index in [4.69, 9.17) is 11.6 Å². The molecule has 1 aromatic heterocycles. The third kappa shape index (κ3) is 1.98. The van der Waals surface area contributed by atoms with Gasteiger partial charge in [-0.25, -0.2) is 14.6 Å². The summed E-state index contributed by atoms with van der Waals surface area (Å²) in [5.74, 6) is -3.05. The lowest BCUT2D eigenvalue weighted by molar-refractivity contribution is 0.0685. The Balaban J connectivity index is 2.25. The zero-order valence-electron chi connectivity index (χ0n) is 12.4. The van der Waals surface area contributed by atoms with Gasteiger partial charge >= 0.3 is 11.9 Å². The van der Waals surface area contributed by atoms with Crippen molar-refractivity contribution in [3.63, 3.8) is 0 Å². The fourth-order valence-electron chi connectivity index (χ4n) is 3.17. The van der Waals surface area contributed by atoms with Crippen LogP contribution in [0.5, 0.6) is 0 Å². The number of rotatable bonds is 2.